The van der Waals surface area contributed by atoms with Gasteiger partial charge in [-0.1, -0.05) is 42.0 Å². The van der Waals surface area contributed by atoms with E-state index in [1.54, 1.807) is 30.3 Å². The quantitative estimate of drug-likeness (QED) is 0.387. The summed E-state index contributed by atoms with van der Waals surface area (Å²) in [6.07, 6.45) is 0.674. The number of nitrogens with zero attached hydrogens (tertiary/aromatic N) is 2. The second-order valence-electron chi connectivity index (χ2n) is 8.10. The number of hydrogen-bond acceptors (Lipinski definition) is 6. The van der Waals surface area contributed by atoms with Gasteiger partial charge in [-0.15, -0.1) is 0 Å². The molecule has 1 N–H and O–H groups in total. The van der Waals surface area contributed by atoms with Crippen molar-refractivity contribution >= 4 is 17.4 Å². The zero-order valence-corrected chi connectivity index (χ0v) is 19.2. The molecule has 0 bridgehead atoms. The number of amides is 1. The van der Waals surface area contributed by atoms with Gasteiger partial charge in [-0.2, -0.15) is 0 Å². The largest absolute Gasteiger partial charge is 0.507 e. The van der Waals surface area contributed by atoms with E-state index < -0.39 is 17.7 Å². The van der Waals surface area contributed by atoms with Crippen molar-refractivity contribution in [2.24, 2.45) is 0 Å². The smallest absolute Gasteiger partial charge is 0.295 e. The van der Waals surface area contributed by atoms with Gasteiger partial charge in [0.25, 0.3) is 11.7 Å². The molecule has 0 aliphatic carbocycles. The highest BCUT2D eigenvalue weighted by Gasteiger charge is 2.47. The van der Waals surface area contributed by atoms with Gasteiger partial charge in [0, 0.05) is 17.7 Å². The number of Topliss-reactive ketones (excluding diaryl/α,β-unsaturated/α-hetero) is 1. The lowest BCUT2D eigenvalue weighted by atomic mass is 9.94. The molecule has 1 fully saturated rings. The zero-order valence-electron chi connectivity index (χ0n) is 19.2. The number of para-hydroxylation sites is 1. The van der Waals surface area contributed by atoms with Crippen LogP contribution in [0.4, 0.5) is 0 Å². The standard InChI is InChI=1S/C25H30N2O5/c1-16-10-12-17(13-11-16)22(28)20-21(18-8-6-9-19(31-4)24(18)32-5)27(25(30)23(20)29)15-7-14-26(2)3/h6,8-13,21,28H,7,14-15H2,1-5H3/b22-20+/t21-/m0/s1. The number of aliphatic hydroxyl groups excluding tert-OH is 1. The molecule has 2 aromatic carbocycles. The molecule has 0 aromatic heterocycles. The van der Waals surface area contributed by atoms with Gasteiger partial charge in [0.05, 0.1) is 25.8 Å². The molecule has 7 nitrogen and oxygen atoms in total. The average Bonchev–Trinajstić information content (AvgIpc) is 3.03. The number of likely N-dealkylation sites (tertiary alicyclic amines) is 1. The monoisotopic (exact) mass is 438 g/mol. The van der Waals surface area contributed by atoms with Crippen LogP contribution in [0.15, 0.2) is 48.0 Å². The minimum atomic E-state index is -0.788. The molecule has 1 heterocycles. The summed E-state index contributed by atoms with van der Waals surface area (Å²) in [6, 6.07) is 11.7. The number of hydrogen-bond donors (Lipinski definition) is 1. The second-order valence-corrected chi connectivity index (χ2v) is 8.10. The molecule has 170 valence electrons. The van der Waals surface area contributed by atoms with Crippen LogP contribution in [-0.4, -0.2) is 68.0 Å². The summed E-state index contributed by atoms with van der Waals surface area (Å²) in [6.45, 7) is 3.05. The van der Waals surface area contributed by atoms with Gasteiger partial charge in [0.15, 0.2) is 11.5 Å². The molecule has 0 radical (unpaired) electrons. The number of aryl methyl sites for hydroxylation is 1. The van der Waals surface area contributed by atoms with Crippen LogP contribution in [-0.2, 0) is 9.59 Å². The van der Waals surface area contributed by atoms with Gasteiger partial charge in [-0.05, 0) is 40.1 Å². The van der Waals surface area contributed by atoms with E-state index >= 15 is 0 Å². The first-order chi connectivity index (χ1) is 15.3. The molecule has 3 rings (SSSR count). The van der Waals surface area contributed by atoms with Gasteiger partial charge in [-0.25, -0.2) is 0 Å². The Kier molecular flexibility index (Phi) is 7.20. The van der Waals surface area contributed by atoms with Crippen molar-refractivity contribution in [3.63, 3.8) is 0 Å². The lowest BCUT2D eigenvalue weighted by Gasteiger charge is -2.27. The fourth-order valence-electron chi connectivity index (χ4n) is 3.99. The van der Waals surface area contributed by atoms with Crippen molar-refractivity contribution in [2.75, 3.05) is 41.4 Å². The molecule has 0 spiro atoms. The van der Waals surface area contributed by atoms with Crippen LogP contribution in [0.3, 0.4) is 0 Å². The average molecular weight is 439 g/mol. The maximum atomic E-state index is 13.1. The van der Waals surface area contributed by atoms with Crippen LogP contribution in [0.2, 0.25) is 0 Å². The van der Waals surface area contributed by atoms with Gasteiger partial charge in [0.2, 0.25) is 0 Å². The van der Waals surface area contributed by atoms with Crippen molar-refractivity contribution in [1.82, 2.24) is 9.80 Å². The highest BCUT2D eigenvalue weighted by Crippen LogP contribution is 2.45. The normalized spacial score (nSPS) is 17.8. The highest BCUT2D eigenvalue weighted by atomic mass is 16.5. The van der Waals surface area contributed by atoms with Crippen LogP contribution in [0.1, 0.15) is 29.2 Å². The molecule has 1 atom stereocenters. The van der Waals surface area contributed by atoms with Gasteiger partial charge >= 0.3 is 0 Å². The Morgan fingerprint density at radius 1 is 1.06 bits per heavy atom. The Hall–Kier alpha value is -3.32. The Balaban J connectivity index is 2.19. The van der Waals surface area contributed by atoms with E-state index in [0.29, 0.717) is 35.6 Å². The Labute approximate surface area is 188 Å². The number of ketones is 1. The molecule has 0 unspecified atom stereocenters. The molecule has 1 amide bonds. The molecular weight excluding hydrogens is 408 g/mol. The zero-order chi connectivity index (χ0) is 23.4. The molecule has 1 aliphatic heterocycles. The van der Waals surface area contributed by atoms with Crippen molar-refractivity contribution < 1.29 is 24.2 Å². The summed E-state index contributed by atoms with van der Waals surface area (Å²) in [5, 5.41) is 11.2. The molecule has 32 heavy (non-hydrogen) atoms. The molecule has 7 heteroatoms. The van der Waals surface area contributed by atoms with Crippen LogP contribution < -0.4 is 9.47 Å². The summed E-state index contributed by atoms with van der Waals surface area (Å²) < 4.78 is 11.0. The molecule has 2 aromatic rings. The molecule has 1 aliphatic rings. The molecule has 1 saturated heterocycles. The number of aliphatic hydroxyl groups is 1. The first-order valence-corrected chi connectivity index (χ1v) is 10.5. The van der Waals surface area contributed by atoms with Crippen LogP contribution in [0.5, 0.6) is 11.5 Å². The molecule has 0 saturated carbocycles. The number of benzene rings is 2. The minimum Gasteiger partial charge on any atom is -0.507 e. The Bertz CT molecular complexity index is 1030. The lowest BCUT2D eigenvalue weighted by Crippen LogP contribution is -2.32. The third kappa shape index (κ3) is 4.48. The van der Waals surface area contributed by atoms with Crippen molar-refractivity contribution in [3.05, 3.63) is 64.7 Å². The number of methoxy groups -OCH3 is 2. The van der Waals surface area contributed by atoms with Crippen molar-refractivity contribution in [2.45, 2.75) is 19.4 Å². The fraction of sp³-hybridized carbons (Fsp3) is 0.360. The summed E-state index contributed by atoms with van der Waals surface area (Å²) in [7, 11) is 6.95. The van der Waals surface area contributed by atoms with E-state index in [0.717, 1.165) is 12.1 Å². The van der Waals surface area contributed by atoms with E-state index in [-0.39, 0.29) is 11.3 Å². The van der Waals surface area contributed by atoms with E-state index in [2.05, 4.69) is 0 Å². The number of carbonyl (C=O) groups excluding carboxylic acids is 2. The van der Waals surface area contributed by atoms with Crippen LogP contribution >= 0.6 is 0 Å². The summed E-state index contributed by atoms with van der Waals surface area (Å²) >= 11 is 0. The number of ether oxygens (including phenoxy) is 2. The maximum Gasteiger partial charge on any atom is 0.295 e. The van der Waals surface area contributed by atoms with Gasteiger partial charge in [0.1, 0.15) is 5.76 Å². The van der Waals surface area contributed by atoms with Crippen molar-refractivity contribution in [3.8, 4) is 11.5 Å². The second kappa shape index (κ2) is 9.87. The Morgan fingerprint density at radius 3 is 2.34 bits per heavy atom. The highest BCUT2D eigenvalue weighted by molar-refractivity contribution is 6.46. The van der Waals surface area contributed by atoms with Gasteiger partial charge < -0.3 is 24.4 Å². The predicted octanol–water partition coefficient (Wildman–Crippen LogP) is 3.39. The molecular formula is C25H30N2O5. The van der Waals surface area contributed by atoms with E-state index in [1.165, 1.54) is 19.1 Å². The van der Waals surface area contributed by atoms with E-state index in [1.807, 2.05) is 38.1 Å². The summed E-state index contributed by atoms with van der Waals surface area (Å²) in [5.41, 5.74) is 2.14. The Morgan fingerprint density at radius 2 is 1.75 bits per heavy atom. The third-order valence-corrected chi connectivity index (χ3v) is 5.60. The minimum absolute atomic E-state index is 0.0512. The van der Waals surface area contributed by atoms with Gasteiger partial charge in [-0.3, -0.25) is 9.59 Å². The third-order valence-electron chi connectivity index (χ3n) is 5.60. The van der Waals surface area contributed by atoms with E-state index in [9.17, 15) is 14.7 Å². The fourth-order valence-corrected chi connectivity index (χ4v) is 3.99. The number of rotatable bonds is 8. The first kappa shape index (κ1) is 23.3. The van der Waals surface area contributed by atoms with Crippen molar-refractivity contribution in [1.29, 1.82) is 0 Å². The van der Waals surface area contributed by atoms with Crippen LogP contribution in [0.25, 0.3) is 5.76 Å². The summed E-state index contributed by atoms with van der Waals surface area (Å²) in [5.74, 6) is -0.628. The summed E-state index contributed by atoms with van der Waals surface area (Å²) in [4.78, 5) is 29.7. The topological polar surface area (TPSA) is 79.3 Å². The SMILES string of the molecule is COc1cccc([C@H]2/C(=C(\O)c3ccc(C)cc3)C(=O)C(=O)N2CCCN(C)C)c1OC. The number of carbonyl (C=O) groups is 2. The predicted molar refractivity (Wildman–Crippen MR) is 123 cm³/mol. The first-order valence-electron chi connectivity index (χ1n) is 10.5. The van der Waals surface area contributed by atoms with Crippen LogP contribution in [0, 0.1) is 6.92 Å². The maximum absolute atomic E-state index is 13.1. The van der Waals surface area contributed by atoms with E-state index in [4.69, 9.17) is 9.47 Å². The lowest BCUT2D eigenvalue weighted by molar-refractivity contribution is -0.140.